The van der Waals surface area contributed by atoms with Crippen molar-refractivity contribution < 1.29 is 28.6 Å². The summed E-state index contributed by atoms with van der Waals surface area (Å²) < 4.78 is 17.0. The molecule has 0 aliphatic carbocycles. The van der Waals surface area contributed by atoms with Crippen molar-refractivity contribution in [3.8, 4) is 0 Å². The largest absolute Gasteiger partial charge is 0.462 e. The van der Waals surface area contributed by atoms with Gasteiger partial charge in [-0.2, -0.15) is 0 Å². The monoisotopic (exact) mass is 1140 g/mol. The van der Waals surface area contributed by atoms with Gasteiger partial charge in [-0.25, -0.2) is 0 Å². The number of allylic oxidation sites excluding steroid dienone is 6. The third kappa shape index (κ3) is 68.3. The van der Waals surface area contributed by atoms with Gasteiger partial charge in [0, 0.05) is 19.3 Å². The van der Waals surface area contributed by atoms with E-state index in [4.69, 9.17) is 14.2 Å². The van der Waals surface area contributed by atoms with E-state index < -0.39 is 6.10 Å². The topological polar surface area (TPSA) is 78.9 Å². The van der Waals surface area contributed by atoms with Crippen molar-refractivity contribution >= 4 is 17.9 Å². The number of ether oxygens (including phenoxy) is 3. The molecule has 0 rings (SSSR count). The van der Waals surface area contributed by atoms with Crippen molar-refractivity contribution in [2.75, 3.05) is 13.2 Å². The molecule has 0 aliphatic rings. The summed E-state index contributed by atoms with van der Waals surface area (Å²) in [7, 11) is 0. The maximum Gasteiger partial charge on any atom is 0.306 e. The Hall–Kier alpha value is -2.37. The van der Waals surface area contributed by atoms with Crippen LogP contribution >= 0.6 is 0 Å². The number of rotatable bonds is 68. The smallest absolute Gasteiger partial charge is 0.306 e. The summed E-state index contributed by atoms with van der Waals surface area (Å²) in [6.45, 7) is 6.67. The van der Waals surface area contributed by atoms with Crippen LogP contribution in [0.4, 0.5) is 0 Å². The molecule has 81 heavy (non-hydrogen) atoms. The summed E-state index contributed by atoms with van der Waals surface area (Å²) in [6.07, 6.45) is 87.7. The summed E-state index contributed by atoms with van der Waals surface area (Å²) in [6, 6.07) is 0. The van der Waals surface area contributed by atoms with Gasteiger partial charge in [0.2, 0.25) is 0 Å². The summed E-state index contributed by atoms with van der Waals surface area (Å²) in [4.78, 5) is 38.4. The molecule has 0 aromatic carbocycles. The van der Waals surface area contributed by atoms with Crippen LogP contribution in [0.15, 0.2) is 36.5 Å². The van der Waals surface area contributed by atoms with E-state index in [2.05, 4.69) is 57.2 Å². The number of hydrogen-bond acceptors (Lipinski definition) is 6. The van der Waals surface area contributed by atoms with Gasteiger partial charge in [-0.3, -0.25) is 14.4 Å². The zero-order valence-corrected chi connectivity index (χ0v) is 54.8. The lowest BCUT2D eigenvalue weighted by molar-refractivity contribution is -0.167. The van der Waals surface area contributed by atoms with E-state index in [0.717, 1.165) is 70.6 Å². The van der Waals surface area contributed by atoms with Gasteiger partial charge in [0.05, 0.1) is 0 Å². The van der Waals surface area contributed by atoms with Crippen molar-refractivity contribution in [2.24, 2.45) is 0 Å². The maximum atomic E-state index is 12.9. The summed E-state index contributed by atoms with van der Waals surface area (Å²) in [5.41, 5.74) is 0. The van der Waals surface area contributed by atoms with Crippen molar-refractivity contribution in [1.82, 2.24) is 0 Å². The molecule has 0 aliphatic heterocycles. The van der Waals surface area contributed by atoms with Crippen molar-refractivity contribution in [1.29, 1.82) is 0 Å². The maximum absolute atomic E-state index is 12.9. The first-order valence-corrected chi connectivity index (χ1v) is 36.5. The first kappa shape index (κ1) is 78.6. The van der Waals surface area contributed by atoms with E-state index in [1.807, 2.05) is 0 Å². The highest BCUT2D eigenvalue weighted by molar-refractivity contribution is 5.71. The van der Waals surface area contributed by atoms with Crippen LogP contribution in [0.25, 0.3) is 0 Å². The summed E-state index contributed by atoms with van der Waals surface area (Å²) >= 11 is 0. The minimum atomic E-state index is -0.777. The average molecular weight is 1140 g/mol. The van der Waals surface area contributed by atoms with Gasteiger partial charge in [-0.05, 0) is 77.0 Å². The SMILES string of the molecule is CCCCC/C=C\CCCCCCCC(=O)OCC(COC(=O)CCCCCCCCCCCCCCCCCCCCCCCCCCCCCCCC)OC(=O)CCCCCCCCCCC/C=C\C/C=C\CCCCCCC. The standard InChI is InChI=1S/C75H140O6/c1-4-7-10-13-16-19-22-25-27-29-31-33-34-35-36-37-38-39-40-41-43-44-46-48-50-53-56-59-62-65-68-74(77)80-71-72(70-79-73(76)67-64-61-58-55-52-24-21-18-15-12-9-6-3)81-75(78)69-66-63-60-57-54-51-49-47-45-42-32-30-28-26-23-20-17-14-11-8-5-2/h18,21,23,26,30,32,72H,4-17,19-20,22,24-25,27-29,31,33-71H2,1-3H3/b21-18-,26-23-,32-30-. The predicted octanol–water partition coefficient (Wildman–Crippen LogP) is 25.1. The number of esters is 3. The number of carbonyl (C=O) groups excluding carboxylic acids is 3. The molecule has 0 aromatic rings. The Labute approximate surface area is 506 Å². The van der Waals surface area contributed by atoms with E-state index in [9.17, 15) is 14.4 Å². The molecule has 0 aromatic heterocycles. The molecule has 0 fully saturated rings. The quantitative estimate of drug-likeness (QED) is 0.0261. The molecule has 0 saturated carbocycles. The molecular weight excluding hydrogens is 997 g/mol. The number of hydrogen-bond donors (Lipinski definition) is 0. The van der Waals surface area contributed by atoms with Crippen LogP contribution in [0, 0.1) is 0 Å². The van der Waals surface area contributed by atoms with Crippen molar-refractivity contribution in [3.63, 3.8) is 0 Å². The fourth-order valence-electron chi connectivity index (χ4n) is 11.1. The van der Waals surface area contributed by atoms with Gasteiger partial charge in [0.1, 0.15) is 13.2 Å². The fourth-order valence-corrected chi connectivity index (χ4v) is 11.1. The molecule has 0 radical (unpaired) electrons. The summed E-state index contributed by atoms with van der Waals surface area (Å²) in [5.74, 6) is -0.859. The highest BCUT2D eigenvalue weighted by Crippen LogP contribution is 2.19. The number of unbranched alkanes of at least 4 members (excludes halogenated alkanes) is 51. The van der Waals surface area contributed by atoms with Gasteiger partial charge < -0.3 is 14.2 Å². The Kier molecular flexibility index (Phi) is 68.1. The predicted molar refractivity (Wildman–Crippen MR) is 353 cm³/mol. The average Bonchev–Trinajstić information content (AvgIpc) is 3.47. The van der Waals surface area contributed by atoms with Crippen LogP contribution in [0.2, 0.25) is 0 Å². The lowest BCUT2D eigenvalue weighted by atomic mass is 10.0. The minimum Gasteiger partial charge on any atom is -0.462 e. The molecule has 6 heteroatoms. The van der Waals surface area contributed by atoms with E-state index in [-0.39, 0.29) is 31.1 Å². The van der Waals surface area contributed by atoms with Crippen LogP contribution < -0.4 is 0 Å². The first-order chi connectivity index (χ1) is 40.0. The second kappa shape index (κ2) is 70.1. The first-order valence-electron chi connectivity index (χ1n) is 36.5. The molecule has 1 atom stereocenters. The van der Waals surface area contributed by atoms with Gasteiger partial charge >= 0.3 is 17.9 Å². The van der Waals surface area contributed by atoms with E-state index >= 15 is 0 Å². The molecule has 0 bridgehead atoms. The zero-order valence-electron chi connectivity index (χ0n) is 54.8. The molecule has 0 spiro atoms. The molecule has 0 N–H and O–H groups in total. The molecule has 0 amide bonds. The Morgan fingerprint density at radius 1 is 0.247 bits per heavy atom. The molecule has 476 valence electrons. The third-order valence-corrected chi connectivity index (χ3v) is 16.6. The molecular formula is C75H140O6. The molecule has 1 unspecified atom stereocenters. The van der Waals surface area contributed by atoms with E-state index in [0.29, 0.717) is 19.3 Å². The Bertz CT molecular complexity index is 1350. The van der Waals surface area contributed by atoms with Gasteiger partial charge in [0.25, 0.3) is 0 Å². The van der Waals surface area contributed by atoms with Gasteiger partial charge in [-0.15, -0.1) is 0 Å². The normalized spacial score (nSPS) is 12.2. The minimum absolute atomic E-state index is 0.0720. The van der Waals surface area contributed by atoms with Gasteiger partial charge in [0.15, 0.2) is 6.10 Å². The van der Waals surface area contributed by atoms with Crippen LogP contribution in [0.1, 0.15) is 406 Å². The van der Waals surface area contributed by atoms with Crippen LogP contribution in [0.3, 0.4) is 0 Å². The van der Waals surface area contributed by atoms with Crippen LogP contribution in [-0.4, -0.2) is 37.2 Å². The molecule has 0 saturated heterocycles. The van der Waals surface area contributed by atoms with E-state index in [1.165, 1.54) is 295 Å². The fraction of sp³-hybridized carbons (Fsp3) is 0.880. The van der Waals surface area contributed by atoms with Gasteiger partial charge in [-0.1, -0.05) is 346 Å². The molecule has 0 heterocycles. The number of carbonyl (C=O) groups is 3. The second-order valence-electron chi connectivity index (χ2n) is 24.9. The summed E-state index contributed by atoms with van der Waals surface area (Å²) in [5, 5.41) is 0. The molecule has 6 nitrogen and oxygen atoms in total. The van der Waals surface area contributed by atoms with Crippen LogP contribution in [0.5, 0.6) is 0 Å². The van der Waals surface area contributed by atoms with Crippen molar-refractivity contribution in [2.45, 2.75) is 412 Å². The highest BCUT2D eigenvalue weighted by atomic mass is 16.6. The lowest BCUT2D eigenvalue weighted by Gasteiger charge is -2.18. The zero-order chi connectivity index (χ0) is 58.5. The van der Waals surface area contributed by atoms with Crippen molar-refractivity contribution in [3.05, 3.63) is 36.5 Å². The Morgan fingerprint density at radius 2 is 0.444 bits per heavy atom. The Balaban J connectivity index is 4.15. The third-order valence-electron chi connectivity index (χ3n) is 16.6. The second-order valence-corrected chi connectivity index (χ2v) is 24.9. The van der Waals surface area contributed by atoms with E-state index in [1.54, 1.807) is 0 Å². The lowest BCUT2D eigenvalue weighted by Crippen LogP contribution is -2.30. The Morgan fingerprint density at radius 3 is 0.716 bits per heavy atom. The highest BCUT2D eigenvalue weighted by Gasteiger charge is 2.19. The van der Waals surface area contributed by atoms with Crippen LogP contribution in [-0.2, 0) is 28.6 Å².